The Labute approximate surface area is 363 Å². The zero-order valence-electron chi connectivity index (χ0n) is 38.4. The highest BCUT2D eigenvalue weighted by Crippen LogP contribution is 2.43. The number of phosphoric ester groups is 1. The van der Waals surface area contributed by atoms with Crippen LogP contribution in [-0.2, 0) is 18.4 Å². The Morgan fingerprint density at radius 3 is 1.41 bits per heavy atom. The highest BCUT2D eigenvalue weighted by molar-refractivity contribution is 7.47. The highest BCUT2D eigenvalue weighted by atomic mass is 31.2. The first-order valence-corrected chi connectivity index (χ1v) is 26.2. The van der Waals surface area contributed by atoms with Crippen molar-refractivity contribution in [1.82, 2.24) is 5.32 Å². The van der Waals surface area contributed by atoms with Crippen molar-refractivity contribution in [3.05, 3.63) is 36.5 Å². The molecule has 0 aliphatic carbocycles. The Bertz CT molecular complexity index is 1040. The number of carbonyl (C=O) groups is 1. The monoisotopic (exact) mass is 855 g/mol. The highest BCUT2D eigenvalue weighted by Gasteiger charge is 2.27. The first-order valence-electron chi connectivity index (χ1n) is 24.7. The van der Waals surface area contributed by atoms with Crippen LogP contribution in [0, 0.1) is 0 Å². The molecule has 4 atom stereocenters. The molecule has 9 nitrogen and oxygen atoms in total. The minimum atomic E-state index is -4.41. The molecule has 0 heterocycles. The molecule has 0 saturated carbocycles. The van der Waals surface area contributed by atoms with E-state index in [2.05, 4.69) is 43.5 Å². The van der Waals surface area contributed by atoms with E-state index in [0.717, 1.165) is 44.9 Å². The third kappa shape index (κ3) is 43.1. The molecule has 0 aromatic heterocycles. The number of unbranched alkanes of at least 4 members (excludes halogenated alkanes) is 28. The molecule has 0 aliphatic heterocycles. The van der Waals surface area contributed by atoms with E-state index in [-0.39, 0.29) is 19.6 Å². The number of nitrogens with two attached hydrogens (primary N) is 1. The van der Waals surface area contributed by atoms with Crippen LogP contribution in [0.15, 0.2) is 36.5 Å². The van der Waals surface area contributed by atoms with Gasteiger partial charge in [0.05, 0.1) is 37.9 Å². The van der Waals surface area contributed by atoms with Crippen molar-refractivity contribution in [2.75, 3.05) is 19.8 Å². The van der Waals surface area contributed by atoms with Crippen LogP contribution in [0.4, 0.5) is 0 Å². The fourth-order valence-electron chi connectivity index (χ4n) is 7.25. The second-order valence-electron chi connectivity index (χ2n) is 16.9. The molecule has 59 heavy (non-hydrogen) atoms. The Morgan fingerprint density at radius 2 is 0.966 bits per heavy atom. The SMILES string of the molecule is CCCCCCCCCCC/C=C\CCCCCC(O)CC(=O)NC(COP(=O)(O)OCCN)C(O)/C=C/CC/C=C/CCCCCCCCCCCCCCCCC. The Balaban J connectivity index is 4.29. The van der Waals surface area contributed by atoms with Crippen LogP contribution in [0.25, 0.3) is 0 Å². The molecule has 4 unspecified atom stereocenters. The maximum absolute atomic E-state index is 12.8. The standard InChI is InChI=1S/C49H95N2O7P/c1-3-5-7-9-11-13-15-17-19-21-22-23-24-25-27-29-31-33-35-37-39-41-48(53)47(45-58-59(55,56)57-43-42-50)51-49(54)44-46(52)40-38-36-34-32-30-28-26-20-18-16-14-12-10-8-6-4-2/h28,30-31,33,39,41,46-48,52-53H,3-27,29,32,34-38,40,42-45,50H2,1-2H3,(H,51,54)(H,55,56)/b30-28-,33-31+,41-39+. The van der Waals surface area contributed by atoms with Gasteiger partial charge in [-0.1, -0.05) is 204 Å². The molecule has 6 N–H and O–H groups in total. The number of nitrogens with one attached hydrogen (secondary N) is 1. The number of amides is 1. The molecule has 348 valence electrons. The van der Waals surface area contributed by atoms with Gasteiger partial charge in [0, 0.05) is 6.54 Å². The van der Waals surface area contributed by atoms with Crippen LogP contribution in [0.3, 0.4) is 0 Å². The topological polar surface area (TPSA) is 151 Å². The summed E-state index contributed by atoms with van der Waals surface area (Å²) in [5.41, 5.74) is 5.37. The van der Waals surface area contributed by atoms with Gasteiger partial charge >= 0.3 is 7.82 Å². The van der Waals surface area contributed by atoms with Crippen molar-refractivity contribution in [2.45, 2.75) is 250 Å². The van der Waals surface area contributed by atoms with Crippen molar-refractivity contribution in [3.63, 3.8) is 0 Å². The molecule has 1 amide bonds. The van der Waals surface area contributed by atoms with E-state index in [1.807, 2.05) is 6.08 Å². The van der Waals surface area contributed by atoms with Crippen LogP contribution < -0.4 is 11.1 Å². The predicted octanol–water partition coefficient (Wildman–Crippen LogP) is 13.3. The van der Waals surface area contributed by atoms with Gasteiger partial charge in [-0.05, 0) is 57.8 Å². The lowest BCUT2D eigenvalue weighted by Gasteiger charge is -2.24. The molecule has 0 aromatic carbocycles. The average molecular weight is 855 g/mol. The predicted molar refractivity (Wildman–Crippen MR) is 250 cm³/mol. The van der Waals surface area contributed by atoms with Crippen molar-refractivity contribution >= 4 is 13.7 Å². The summed E-state index contributed by atoms with van der Waals surface area (Å²) in [7, 11) is -4.41. The molecular formula is C49H95N2O7P. The van der Waals surface area contributed by atoms with Gasteiger partial charge in [-0.15, -0.1) is 0 Å². The zero-order chi connectivity index (χ0) is 43.3. The second-order valence-corrected chi connectivity index (χ2v) is 18.3. The van der Waals surface area contributed by atoms with E-state index in [1.165, 1.54) is 154 Å². The van der Waals surface area contributed by atoms with E-state index in [9.17, 15) is 24.5 Å². The summed E-state index contributed by atoms with van der Waals surface area (Å²) in [6.45, 7) is 3.97. The van der Waals surface area contributed by atoms with Crippen molar-refractivity contribution in [3.8, 4) is 0 Å². The van der Waals surface area contributed by atoms with Gasteiger partial charge in [-0.2, -0.15) is 0 Å². The lowest BCUT2D eigenvalue weighted by molar-refractivity contribution is -0.124. The molecule has 0 saturated heterocycles. The van der Waals surface area contributed by atoms with Gasteiger partial charge in [0.15, 0.2) is 0 Å². The number of rotatable bonds is 46. The summed E-state index contributed by atoms with van der Waals surface area (Å²) < 4.78 is 22.1. The van der Waals surface area contributed by atoms with Crippen LogP contribution in [0.2, 0.25) is 0 Å². The summed E-state index contributed by atoms with van der Waals surface area (Å²) in [6, 6.07) is -1.00. The lowest BCUT2D eigenvalue weighted by atomic mass is 10.0. The molecule has 0 aliphatic rings. The smallest absolute Gasteiger partial charge is 0.393 e. The van der Waals surface area contributed by atoms with Crippen molar-refractivity contribution in [2.24, 2.45) is 5.73 Å². The fourth-order valence-corrected chi connectivity index (χ4v) is 8.01. The Kier molecular flexibility index (Phi) is 43.7. The number of phosphoric acid groups is 1. The maximum atomic E-state index is 12.8. The molecule has 0 spiro atoms. The molecule has 0 bridgehead atoms. The van der Waals surface area contributed by atoms with Gasteiger partial charge in [-0.25, -0.2) is 4.57 Å². The quantitative estimate of drug-likeness (QED) is 0.0231. The molecule has 0 radical (unpaired) electrons. The minimum Gasteiger partial charge on any atom is -0.393 e. The Hall–Kier alpha value is -1.32. The normalized spacial score (nSPS) is 14.7. The number of hydrogen-bond donors (Lipinski definition) is 5. The van der Waals surface area contributed by atoms with Crippen molar-refractivity contribution in [1.29, 1.82) is 0 Å². The molecular weight excluding hydrogens is 760 g/mol. The molecule has 0 aromatic rings. The van der Waals surface area contributed by atoms with Gasteiger partial charge in [-0.3, -0.25) is 13.8 Å². The van der Waals surface area contributed by atoms with Gasteiger partial charge in [0.25, 0.3) is 0 Å². The first kappa shape index (κ1) is 57.7. The number of carbonyl (C=O) groups excluding carboxylic acids is 1. The van der Waals surface area contributed by atoms with Gasteiger partial charge in [0.2, 0.25) is 5.91 Å². The zero-order valence-corrected chi connectivity index (χ0v) is 39.3. The minimum absolute atomic E-state index is 0.0430. The summed E-state index contributed by atoms with van der Waals surface area (Å²) in [5, 5.41) is 24.1. The maximum Gasteiger partial charge on any atom is 0.472 e. The van der Waals surface area contributed by atoms with Crippen LogP contribution in [-0.4, -0.2) is 59.0 Å². The average Bonchev–Trinajstić information content (AvgIpc) is 3.21. The van der Waals surface area contributed by atoms with Crippen LogP contribution in [0.5, 0.6) is 0 Å². The second kappa shape index (κ2) is 44.7. The first-order chi connectivity index (χ1) is 28.8. The lowest BCUT2D eigenvalue weighted by Crippen LogP contribution is -2.46. The van der Waals surface area contributed by atoms with E-state index in [0.29, 0.717) is 12.8 Å². The largest absolute Gasteiger partial charge is 0.472 e. The number of hydrogen-bond acceptors (Lipinski definition) is 7. The molecule has 0 fully saturated rings. The van der Waals surface area contributed by atoms with Crippen LogP contribution >= 0.6 is 7.82 Å². The number of aliphatic hydroxyl groups excluding tert-OH is 2. The molecule has 10 heteroatoms. The van der Waals surface area contributed by atoms with Gasteiger partial charge < -0.3 is 26.2 Å². The van der Waals surface area contributed by atoms with E-state index in [1.54, 1.807) is 6.08 Å². The number of allylic oxidation sites excluding steroid dienone is 5. The third-order valence-electron chi connectivity index (χ3n) is 11.0. The summed E-state index contributed by atoms with van der Waals surface area (Å²) in [6.07, 6.45) is 51.0. The summed E-state index contributed by atoms with van der Waals surface area (Å²) in [4.78, 5) is 22.8. The summed E-state index contributed by atoms with van der Waals surface area (Å²) >= 11 is 0. The molecule has 0 rings (SSSR count). The van der Waals surface area contributed by atoms with E-state index >= 15 is 0 Å². The summed E-state index contributed by atoms with van der Waals surface area (Å²) in [5.74, 6) is -0.463. The third-order valence-corrected chi connectivity index (χ3v) is 12.0. The van der Waals surface area contributed by atoms with Crippen molar-refractivity contribution < 1.29 is 33.5 Å². The van der Waals surface area contributed by atoms with E-state index < -0.39 is 38.6 Å². The fraction of sp³-hybridized carbons (Fsp3) is 0.857. The Morgan fingerprint density at radius 1 is 0.576 bits per heavy atom. The van der Waals surface area contributed by atoms with E-state index in [4.69, 9.17) is 14.8 Å². The van der Waals surface area contributed by atoms with Gasteiger partial charge in [0.1, 0.15) is 0 Å². The van der Waals surface area contributed by atoms with Crippen LogP contribution in [0.1, 0.15) is 232 Å². The number of aliphatic hydroxyl groups is 2.